The third kappa shape index (κ3) is 3.77. The molecule has 1 aliphatic heterocycles. The summed E-state index contributed by atoms with van der Waals surface area (Å²) >= 11 is 1.35. The molecule has 2 fully saturated rings. The van der Waals surface area contributed by atoms with Crippen molar-refractivity contribution < 1.29 is 14.3 Å². The minimum atomic E-state index is -0.386. The molecule has 2 aliphatic rings. The summed E-state index contributed by atoms with van der Waals surface area (Å²) in [5, 5.41) is 2.42. The Morgan fingerprint density at radius 1 is 1.16 bits per heavy atom. The number of carbonyl (C=O) groups excluding carboxylic acids is 2. The predicted octanol–water partition coefficient (Wildman–Crippen LogP) is 2.90. The number of amides is 1. The molecule has 8 nitrogen and oxygen atoms in total. The molecule has 1 amide bonds. The number of ether oxygens (including phenoxy) is 1. The zero-order valence-electron chi connectivity index (χ0n) is 17.9. The zero-order valence-corrected chi connectivity index (χ0v) is 18.7. The van der Waals surface area contributed by atoms with Gasteiger partial charge in [0.25, 0.3) is 0 Å². The molecule has 2 aromatic heterocycles. The molecule has 5 rings (SSSR count). The molecule has 3 aromatic rings. The molecule has 1 saturated heterocycles. The molecule has 32 heavy (non-hydrogen) atoms. The van der Waals surface area contributed by atoms with Crippen LogP contribution >= 0.6 is 11.3 Å². The summed E-state index contributed by atoms with van der Waals surface area (Å²) in [4.78, 5) is 38.9. The van der Waals surface area contributed by atoms with E-state index in [-0.39, 0.29) is 23.7 Å². The van der Waals surface area contributed by atoms with E-state index in [1.54, 1.807) is 12.3 Å². The fourth-order valence-corrected chi connectivity index (χ4v) is 5.35. The monoisotopic (exact) mass is 451 g/mol. The van der Waals surface area contributed by atoms with Gasteiger partial charge in [-0.25, -0.2) is 9.78 Å². The molecule has 0 spiro atoms. The van der Waals surface area contributed by atoms with E-state index in [2.05, 4.69) is 27.0 Å². The number of hydrogen-bond donors (Lipinski definition) is 1. The molecule has 0 radical (unpaired) electrons. The minimum Gasteiger partial charge on any atom is -0.462 e. The lowest BCUT2D eigenvalue weighted by molar-refractivity contribution is -0.133. The van der Waals surface area contributed by atoms with Gasteiger partial charge in [-0.15, -0.1) is 11.3 Å². The highest BCUT2D eigenvalue weighted by molar-refractivity contribution is 7.17. The first kappa shape index (κ1) is 20.7. The number of thiophene rings is 1. The molecule has 1 aromatic carbocycles. The molecule has 9 heteroatoms. The summed E-state index contributed by atoms with van der Waals surface area (Å²) in [6.07, 6.45) is 0.921. The average Bonchev–Trinajstić information content (AvgIpc) is 3.51. The number of hydrogen-bond acceptors (Lipinski definition) is 8. The number of nitrogens with two attached hydrogens (primary N) is 1. The van der Waals surface area contributed by atoms with E-state index in [1.807, 2.05) is 23.1 Å². The second-order valence-corrected chi connectivity index (χ2v) is 8.99. The highest BCUT2D eigenvalue weighted by Crippen LogP contribution is 2.48. The Hall–Kier alpha value is -3.20. The van der Waals surface area contributed by atoms with Gasteiger partial charge in [0.2, 0.25) is 11.9 Å². The van der Waals surface area contributed by atoms with Crippen molar-refractivity contribution in [3.05, 3.63) is 46.8 Å². The van der Waals surface area contributed by atoms with Gasteiger partial charge in [-0.3, -0.25) is 4.79 Å². The van der Waals surface area contributed by atoms with Crippen LogP contribution in [0.5, 0.6) is 0 Å². The van der Waals surface area contributed by atoms with Crippen LogP contribution in [0.1, 0.15) is 35.2 Å². The summed E-state index contributed by atoms with van der Waals surface area (Å²) in [7, 11) is 0. The van der Waals surface area contributed by atoms with Crippen LogP contribution in [0, 0.1) is 5.92 Å². The van der Waals surface area contributed by atoms with E-state index in [4.69, 9.17) is 10.5 Å². The van der Waals surface area contributed by atoms with Gasteiger partial charge in [-0.05, 0) is 24.8 Å². The maximum absolute atomic E-state index is 13.0. The first-order valence-corrected chi connectivity index (χ1v) is 11.7. The largest absolute Gasteiger partial charge is 0.462 e. The van der Waals surface area contributed by atoms with Crippen LogP contribution in [0.2, 0.25) is 0 Å². The molecule has 0 bridgehead atoms. The quantitative estimate of drug-likeness (QED) is 0.595. The van der Waals surface area contributed by atoms with Crippen molar-refractivity contribution in [3.63, 3.8) is 0 Å². The number of nitrogens with zero attached hydrogens (tertiary/aromatic N) is 4. The summed E-state index contributed by atoms with van der Waals surface area (Å²) in [6, 6.07) is 10.2. The Labute approximate surface area is 190 Å². The van der Waals surface area contributed by atoms with Crippen molar-refractivity contribution in [2.24, 2.45) is 5.92 Å². The lowest BCUT2D eigenvalue weighted by atomic mass is 10.1. The van der Waals surface area contributed by atoms with Crippen molar-refractivity contribution in [1.82, 2.24) is 14.9 Å². The van der Waals surface area contributed by atoms with Gasteiger partial charge in [-0.2, -0.15) is 4.98 Å². The van der Waals surface area contributed by atoms with Gasteiger partial charge in [0, 0.05) is 37.5 Å². The minimum absolute atomic E-state index is 0.0812. The number of nitrogen functional groups attached to an aromatic ring is 1. The third-order valence-electron chi connectivity index (χ3n) is 6.15. The van der Waals surface area contributed by atoms with E-state index in [1.165, 1.54) is 16.9 Å². The fraction of sp³-hybridized carbons (Fsp3) is 0.391. The summed E-state index contributed by atoms with van der Waals surface area (Å²) in [5.74, 6) is 1.07. The SMILES string of the molecule is CCOC(=O)c1csc2nc(N)nc(N3CCN(C(=O)C4CC4c4ccccc4)CC3)c12. The Morgan fingerprint density at radius 3 is 2.62 bits per heavy atom. The highest BCUT2D eigenvalue weighted by atomic mass is 32.1. The standard InChI is InChI=1S/C23H25N5O3S/c1-2-31-22(30)17-13-32-20-18(17)19(25-23(24)26-20)27-8-10-28(11-9-27)21(29)16-12-15(16)14-6-4-3-5-7-14/h3-7,13,15-16H,2,8-12H2,1H3,(H2,24,25,26). The molecule has 166 valence electrons. The second-order valence-electron chi connectivity index (χ2n) is 8.13. The Balaban J connectivity index is 1.31. The first-order chi connectivity index (χ1) is 15.6. The molecule has 1 saturated carbocycles. The van der Waals surface area contributed by atoms with Crippen LogP contribution < -0.4 is 10.6 Å². The summed E-state index contributed by atoms with van der Waals surface area (Å²) in [6.45, 7) is 4.55. The predicted molar refractivity (Wildman–Crippen MR) is 124 cm³/mol. The zero-order chi connectivity index (χ0) is 22.2. The number of fused-ring (bicyclic) bond motifs is 1. The van der Waals surface area contributed by atoms with E-state index < -0.39 is 0 Å². The van der Waals surface area contributed by atoms with Gasteiger partial charge in [0.15, 0.2) is 0 Å². The molecule has 3 heterocycles. The number of piperazine rings is 1. The van der Waals surface area contributed by atoms with Gasteiger partial charge in [0.05, 0.1) is 17.6 Å². The highest BCUT2D eigenvalue weighted by Gasteiger charge is 2.46. The first-order valence-electron chi connectivity index (χ1n) is 10.9. The van der Waals surface area contributed by atoms with Crippen molar-refractivity contribution in [2.45, 2.75) is 19.3 Å². The lowest BCUT2D eigenvalue weighted by Crippen LogP contribution is -2.49. The molecule has 2 atom stereocenters. The number of carbonyl (C=O) groups is 2. The topological polar surface area (TPSA) is 102 Å². The Morgan fingerprint density at radius 2 is 1.91 bits per heavy atom. The van der Waals surface area contributed by atoms with Crippen molar-refractivity contribution in [1.29, 1.82) is 0 Å². The smallest absolute Gasteiger partial charge is 0.339 e. The lowest BCUT2D eigenvalue weighted by Gasteiger charge is -2.36. The molecule has 2 unspecified atom stereocenters. The van der Waals surface area contributed by atoms with E-state index in [0.29, 0.717) is 60.3 Å². The fourth-order valence-electron chi connectivity index (χ4n) is 4.44. The number of rotatable bonds is 5. The summed E-state index contributed by atoms with van der Waals surface area (Å²) in [5.41, 5.74) is 7.65. The maximum Gasteiger partial charge on any atom is 0.339 e. The molecule has 1 aliphatic carbocycles. The van der Waals surface area contributed by atoms with Crippen LogP contribution in [0.4, 0.5) is 11.8 Å². The van der Waals surface area contributed by atoms with Crippen LogP contribution in [0.15, 0.2) is 35.7 Å². The van der Waals surface area contributed by atoms with Crippen LogP contribution in [0.3, 0.4) is 0 Å². The van der Waals surface area contributed by atoms with Gasteiger partial charge in [-0.1, -0.05) is 30.3 Å². The van der Waals surface area contributed by atoms with E-state index in [0.717, 1.165) is 6.42 Å². The van der Waals surface area contributed by atoms with Gasteiger partial charge >= 0.3 is 5.97 Å². The number of anilines is 2. The van der Waals surface area contributed by atoms with Crippen LogP contribution in [0.25, 0.3) is 10.2 Å². The van der Waals surface area contributed by atoms with Crippen LogP contribution in [-0.2, 0) is 9.53 Å². The molecular weight excluding hydrogens is 426 g/mol. The van der Waals surface area contributed by atoms with Gasteiger partial charge in [0.1, 0.15) is 10.6 Å². The average molecular weight is 452 g/mol. The number of aromatic nitrogens is 2. The second kappa shape index (κ2) is 8.38. The number of benzene rings is 1. The summed E-state index contributed by atoms with van der Waals surface area (Å²) < 4.78 is 5.20. The van der Waals surface area contributed by atoms with Gasteiger partial charge < -0.3 is 20.3 Å². The van der Waals surface area contributed by atoms with Crippen molar-refractivity contribution >= 4 is 45.2 Å². The molecule has 2 N–H and O–H groups in total. The van der Waals surface area contributed by atoms with Crippen molar-refractivity contribution in [2.75, 3.05) is 43.4 Å². The van der Waals surface area contributed by atoms with Crippen LogP contribution in [-0.4, -0.2) is 59.5 Å². The maximum atomic E-state index is 13.0. The van der Waals surface area contributed by atoms with E-state index in [9.17, 15) is 9.59 Å². The number of esters is 1. The Kier molecular flexibility index (Phi) is 5.42. The third-order valence-corrected chi connectivity index (χ3v) is 7.03. The Bertz CT molecular complexity index is 1160. The van der Waals surface area contributed by atoms with Crippen molar-refractivity contribution in [3.8, 4) is 0 Å². The molecular formula is C23H25N5O3S. The van der Waals surface area contributed by atoms with E-state index >= 15 is 0 Å². The normalized spacial score (nSPS) is 20.4.